The molecule has 33 heavy (non-hydrogen) atoms. The zero-order valence-corrected chi connectivity index (χ0v) is 17.6. The summed E-state index contributed by atoms with van der Waals surface area (Å²) in [6.07, 6.45) is -10.6. The summed E-state index contributed by atoms with van der Waals surface area (Å²) in [4.78, 5) is 11.9. The van der Waals surface area contributed by atoms with Gasteiger partial charge in [-0.15, -0.1) is 0 Å². The molecule has 2 fully saturated rings. The van der Waals surface area contributed by atoms with E-state index in [0.717, 1.165) is 11.6 Å². The van der Waals surface area contributed by atoms with Gasteiger partial charge in [-0.05, 0) is 18.6 Å². The molecule has 8 atom stereocenters. The molecule has 0 bridgehead atoms. The predicted octanol–water partition coefficient (Wildman–Crippen LogP) is -2.25. The van der Waals surface area contributed by atoms with Crippen LogP contribution < -0.4 is 10.4 Å². The van der Waals surface area contributed by atoms with Crippen molar-refractivity contribution in [2.75, 3.05) is 19.8 Å². The lowest BCUT2D eigenvalue weighted by molar-refractivity contribution is -0.289. The van der Waals surface area contributed by atoms with Gasteiger partial charge in [-0.25, -0.2) is 4.79 Å². The molecule has 0 unspecified atom stereocenters. The molecule has 0 aliphatic carbocycles. The normalized spacial score (nSPS) is 36.9. The van der Waals surface area contributed by atoms with Crippen molar-refractivity contribution in [1.29, 1.82) is 0 Å². The van der Waals surface area contributed by atoms with Crippen LogP contribution in [-0.2, 0) is 14.2 Å². The fourth-order valence-electron chi connectivity index (χ4n) is 3.85. The van der Waals surface area contributed by atoms with E-state index in [1.54, 1.807) is 25.1 Å². The Morgan fingerprint density at radius 3 is 2.58 bits per heavy atom. The molecule has 2 aliphatic rings. The Morgan fingerprint density at radius 1 is 1.12 bits per heavy atom. The van der Waals surface area contributed by atoms with Gasteiger partial charge in [0, 0.05) is 0 Å². The number of hydrogen-bond donors (Lipinski definition) is 6. The number of ether oxygens (including phenoxy) is 4. The van der Waals surface area contributed by atoms with Gasteiger partial charge in [0.05, 0.1) is 31.3 Å². The minimum atomic E-state index is -1.90. The van der Waals surface area contributed by atoms with Gasteiger partial charge in [0.1, 0.15) is 47.5 Å². The first kappa shape index (κ1) is 24.0. The van der Waals surface area contributed by atoms with E-state index in [0.29, 0.717) is 5.39 Å². The van der Waals surface area contributed by atoms with Crippen LogP contribution >= 0.6 is 0 Å². The van der Waals surface area contributed by atoms with Crippen LogP contribution in [0.15, 0.2) is 33.5 Å². The Kier molecular flexibility index (Phi) is 6.73. The third-order valence-corrected chi connectivity index (χ3v) is 5.86. The average molecular weight is 470 g/mol. The highest BCUT2D eigenvalue weighted by atomic mass is 16.7. The number of aryl methyl sites for hydroxylation is 1. The van der Waals surface area contributed by atoms with E-state index in [-0.39, 0.29) is 17.9 Å². The van der Waals surface area contributed by atoms with Crippen molar-refractivity contribution in [3.8, 4) is 5.75 Å². The number of aliphatic hydroxyl groups is 6. The van der Waals surface area contributed by atoms with Crippen LogP contribution in [0.1, 0.15) is 5.56 Å². The Hall–Kier alpha value is -2.13. The fraction of sp³-hybridized carbons (Fsp3) is 0.571. The van der Waals surface area contributed by atoms with E-state index in [9.17, 15) is 35.4 Å². The Morgan fingerprint density at radius 2 is 1.88 bits per heavy atom. The van der Waals surface area contributed by atoms with E-state index in [1.807, 2.05) is 0 Å². The second-order valence-corrected chi connectivity index (χ2v) is 8.23. The smallest absolute Gasteiger partial charge is 0.339 e. The number of aliphatic hydroxyl groups excluding tert-OH is 5. The molecule has 4 rings (SSSR count). The summed E-state index contributed by atoms with van der Waals surface area (Å²) in [6, 6.07) is 6.11. The number of rotatable bonds is 6. The van der Waals surface area contributed by atoms with E-state index >= 15 is 0 Å². The molecule has 0 amide bonds. The van der Waals surface area contributed by atoms with Gasteiger partial charge >= 0.3 is 5.63 Å². The summed E-state index contributed by atoms with van der Waals surface area (Å²) in [5.74, 6) is 0.0502. The average Bonchev–Trinajstić information content (AvgIpc) is 3.07. The molecule has 2 aliphatic heterocycles. The molecule has 0 saturated carbocycles. The van der Waals surface area contributed by atoms with Crippen molar-refractivity contribution in [2.45, 2.75) is 55.6 Å². The molecule has 182 valence electrons. The van der Waals surface area contributed by atoms with Crippen molar-refractivity contribution >= 4 is 11.0 Å². The van der Waals surface area contributed by atoms with Crippen LogP contribution in [0.3, 0.4) is 0 Å². The monoisotopic (exact) mass is 470 g/mol. The van der Waals surface area contributed by atoms with Crippen molar-refractivity contribution in [3.63, 3.8) is 0 Å². The van der Waals surface area contributed by atoms with Crippen LogP contribution in [0.2, 0.25) is 0 Å². The van der Waals surface area contributed by atoms with E-state index < -0.39 is 67.5 Å². The molecular formula is C21H26O12. The molecular weight excluding hydrogens is 444 g/mol. The van der Waals surface area contributed by atoms with E-state index in [2.05, 4.69) is 0 Å². The van der Waals surface area contributed by atoms with Gasteiger partial charge in [0.15, 0.2) is 6.29 Å². The lowest BCUT2D eigenvalue weighted by Crippen LogP contribution is -2.60. The maximum Gasteiger partial charge on any atom is 0.339 e. The molecule has 12 heteroatoms. The van der Waals surface area contributed by atoms with Gasteiger partial charge in [0.2, 0.25) is 6.29 Å². The molecule has 3 heterocycles. The summed E-state index contributed by atoms with van der Waals surface area (Å²) >= 11 is 0. The van der Waals surface area contributed by atoms with Crippen molar-refractivity contribution in [3.05, 3.63) is 40.2 Å². The summed E-state index contributed by atoms with van der Waals surface area (Å²) in [7, 11) is 0. The highest BCUT2D eigenvalue weighted by molar-refractivity contribution is 5.86. The van der Waals surface area contributed by atoms with Crippen molar-refractivity contribution in [2.24, 2.45) is 0 Å². The summed E-state index contributed by atoms with van der Waals surface area (Å²) in [5, 5.41) is 60.8. The van der Waals surface area contributed by atoms with E-state index in [1.165, 1.54) is 0 Å². The van der Waals surface area contributed by atoms with Crippen LogP contribution in [0.4, 0.5) is 0 Å². The molecule has 1 aromatic heterocycles. The number of benzene rings is 1. The van der Waals surface area contributed by atoms with Crippen LogP contribution in [0.25, 0.3) is 11.0 Å². The van der Waals surface area contributed by atoms with Crippen molar-refractivity contribution in [1.82, 2.24) is 0 Å². The summed E-state index contributed by atoms with van der Waals surface area (Å²) in [5.41, 5.74) is -1.61. The zero-order chi connectivity index (χ0) is 23.9. The third kappa shape index (κ3) is 4.49. The standard InChI is InChI=1S/C21H26O12/c1-9-3-2-4-10-14(9)11(5-13(23)31-10)32-19-17(26)16(25)15(24)12(33-19)6-29-20-18(27)21(28,7-22)8-30-20/h2-5,12,15-20,22,24-28H,6-8H2,1H3/t12-,15-,16+,17-,18+,19-,20-,21-/m1/s1. The maximum absolute atomic E-state index is 11.9. The minimum Gasteiger partial charge on any atom is -0.461 e. The SMILES string of the molecule is Cc1cccc2oc(=O)cc(O[C@@H]3O[C@H](CO[C@@H]4OC[C@](O)(CO)[C@H]4O)[C@@H](O)[C@H](O)[C@H]3O)c12. The molecule has 12 nitrogen and oxygen atoms in total. The molecule has 0 radical (unpaired) electrons. The maximum atomic E-state index is 11.9. The lowest BCUT2D eigenvalue weighted by atomic mass is 9.99. The number of fused-ring (bicyclic) bond motifs is 1. The van der Waals surface area contributed by atoms with Gasteiger partial charge in [-0.1, -0.05) is 12.1 Å². The lowest BCUT2D eigenvalue weighted by Gasteiger charge is -2.40. The second kappa shape index (κ2) is 9.25. The highest BCUT2D eigenvalue weighted by Crippen LogP contribution is 2.31. The Bertz CT molecular complexity index is 1040. The summed E-state index contributed by atoms with van der Waals surface area (Å²) < 4.78 is 27.0. The Balaban J connectivity index is 1.51. The first-order chi connectivity index (χ1) is 15.6. The van der Waals surface area contributed by atoms with Crippen LogP contribution in [-0.4, -0.2) is 99.2 Å². The van der Waals surface area contributed by atoms with Gasteiger partial charge in [0.25, 0.3) is 0 Å². The molecule has 2 aromatic rings. The second-order valence-electron chi connectivity index (χ2n) is 8.23. The minimum absolute atomic E-state index is 0.0502. The molecule has 6 N–H and O–H groups in total. The zero-order valence-electron chi connectivity index (χ0n) is 17.6. The molecule has 1 aromatic carbocycles. The van der Waals surface area contributed by atoms with E-state index in [4.69, 9.17) is 23.4 Å². The molecule has 2 saturated heterocycles. The third-order valence-electron chi connectivity index (χ3n) is 5.86. The molecule has 0 spiro atoms. The van der Waals surface area contributed by atoms with Crippen LogP contribution in [0, 0.1) is 6.92 Å². The topological polar surface area (TPSA) is 189 Å². The largest absolute Gasteiger partial charge is 0.461 e. The fourth-order valence-corrected chi connectivity index (χ4v) is 3.85. The van der Waals surface area contributed by atoms with Gasteiger partial charge in [-0.3, -0.25) is 0 Å². The first-order valence-corrected chi connectivity index (χ1v) is 10.3. The number of hydrogen-bond acceptors (Lipinski definition) is 12. The van der Waals surface area contributed by atoms with Crippen LogP contribution in [0.5, 0.6) is 5.75 Å². The summed E-state index contributed by atoms with van der Waals surface area (Å²) in [6.45, 7) is 0.211. The first-order valence-electron chi connectivity index (χ1n) is 10.3. The highest BCUT2D eigenvalue weighted by Gasteiger charge is 2.50. The van der Waals surface area contributed by atoms with Crippen molar-refractivity contribution < 1.29 is 54.0 Å². The quantitative estimate of drug-likeness (QED) is 0.249. The predicted molar refractivity (Wildman–Crippen MR) is 108 cm³/mol. The van der Waals surface area contributed by atoms with Gasteiger partial charge < -0.3 is 54.0 Å². The Labute approximate surface area is 187 Å². The van der Waals surface area contributed by atoms with Gasteiger partial charge in [-0.2, -0.15) is 0 Å².